The Bertz CT molecular complexity index is 583. The Morgan fingerprint density at radius 3 is 2.67 bits per heavy atom. The Balaban J connectivity index is 0.00000191. The Morgan fingerprint density at radius 2 is 2.14 bits per heavy atom. The summed E-state index contributed by atoms with van der Waals surface area (Å²) in [6.45, 7) is 9.60. The average Bonchev–Trinajstić information content (AvgIpc) is 2.53. The summed E-state index contributed by atoms with van der Waals surface area (Å²) in [4.78, 5) is 27.7. The summed E-state index contributed by atoms with van der Waals surface area (Å²) in [5.41, 5.74) is 0.202. The summed E-state index contributed by atoms with van der Waals surface area (Å²) in [6, 6.07) is 0. The zero-order valence-electron chi connectivity index (χ0n) is 13.1. The van der Waals surface area contributed by atoms with Crippen molar-refractivity contribution in [2.45, 2.75) is 27.2 Å². The number of hydrogen-bond donors (Lipinski definition) is 1. The molecule has 0 aliphatic heterocycles. The summed E-state index contributed by atoms with van der Waals surface area (Å²) in [6.07, 6.45) is 10.4. The standard InChI is InChI=1S/C14H17N3O2.C2H6/c1-4-6-8-11(7-5-2)17-10-16-9-12(14(17)19)13(18)15-3;1-2/h5-10H,2,4H2,1,3H3,(H,15,18);1-2H3/b8-6-,11-7+;. The van der Waals surface area contributed by atoms with E-state index in [1.54, 1.807) is 18.2 Å². The van der Waals surface area contributed by atoms with Crippen molar-refractivity contribution < 1.29 is 4.79 Å². The van der Waals surface area contributed by atoms with Gasteiger partial charge in [0, 0.05) is 18.9 Å². The lowest BCUT2D eigenvalue weighted by Crippen LogP contribution is -2.31. The van der Waals surface area contributed by atoms with E-state index in [2.05, 4.69) is 16.9 Å². The second-order valence-electron chi connectivity index (χ2n) is 3.70. The highest BCUT2D eigenvalue weighted by atomic mass is 16.2. The molecule has 114 valence electrons. The van der Waals surface area contributed by atoms with Crippen LogP contribution >= 0.6 is 0 Å². The van der Waals surface area contributed by atoms with Gasteiger partial charge in [0.05, 0.1) is 0 Å². The molecule has 1 aromatic rings. The maximum absolute atomic E-state index is 12.2. The van der Waals surface area contributed by atoms with E-state index in [9.17, 15) is 9.59 Å². The Morgan fingerprint density at radius 1 is 1.48 bits per heavy atom. The Labute approximate surface area is 125 Å². The molecule has 0 saturated heterocycles. The van der Waals surface area contributed by atoms with Crippen molar-refractivity contribution in [3.05, 3.63) is 59.3 Å². The molecule has 1 amide bonds. The molecule has 1 aromatic heterocycles. The van der Waals surface area contributed by atoms with Gasteiger partial charge < -0.3 is 5.32 Å². The number of rotatable bonds is 5. The third kappa shape index (κ3) is 5.22. The maximum Gasteiger partial charge on any atom is 0.270 e. The van der Waals surface area contributed by atoms with E-state index in [-0.39, 0.29) is 5.56 Å². The Kier molecular flexibility index (Phi) is 9.17. The van der Waals surface area contributed by atoms with E-state index in [4.69, 9.17) is 0 Å². The number of carbonyl (C=O) groups is 1. The summed E-state index contributed by atoms with van der Waals surface area (Å²) >= 11 is 0. The predicted octanol–water partition coefficient (Wildman–Crippen LogP) is 2.62. The monoisotopic (exact) mass is 289 g/mol. The number of carbonyl (C=O) groups excluding carboxylic acids is 1. The minimum Gasteiger partial charge on any atom is -0.355 e. The van der Waals surface area contributed by atoms with Crippen molar-refractivity contribution in [2.75, 3.05) is 7.05 Å². The van der Waals surface area contributed by atoms with E-state index in [0.29, 0.717) is 5.70 Å². The number of aromatic nitrogens is 2. The lowest BCUT2D eigenvalue weighted by atomic mass is 10.2. The van der Waals surface area contributed by atoms with Crippen LogP contribution in [-0.4, -0.2) is 22.5 Å². The third-order valence-corrected chi connectivity index (χ3v) is 2.40. The molecular formula is C16H23N3O2. The van der Waals surface area contributed by atoms with Gasteiger partial charge in [-0.05, 0) is 18.6 Å². The topological polar surface area (TPSA) is 64.0 Å². The molecule has 0 radical (unpaired) electrons. The predicted molar refractivity (Wildman–Crippen MR) is 87.1 cm³/mol. The highest BCUT2D eigenvalue weighted by Crippen LogP contribution is 2.04. The molecule has 0 atom stereocenters. The van der Waals surface area contributed by atoms with Crippen molar-refractivity contribution in [1.82, 2.24) is 14.9 Å². The number of amides is 1. The van der Waals surface area contributed by atoms with E-state index in [0.717, 1.165) is 6.42 Å². The number of nitrogens with one attached hydrogen (secondary N) is 1. The molecule has 5 nitrogen and oxygen atoms in total. The molecule has 0 spiro atoms. The summed E-state index contributed by atoms with van der Waals surface area (Å²) in [7, 11) is 1.47. The van der Waals surface area contributed by atoms with Gasteiger partial charge in [0.2, 0.25) is 0 Å². The SMILES string of the molecule is C=C/C=C(\C=C/CC)n1cncc(C(=O)NC)c1=O.CC. The number of allylic oxidation sites excluding steroid dienone is 5. The van der Waals surface area contributed by atoms with Gasteiger partial charge in [-0.15, -0.1) is 0 Å². The third-order valence-electron chi connectivity index (χ3n) is 2.40. The van der Waals surface area contributed by atoms with Crippen LogP contribution in [0.2, 0.25) is 0 Å². The molecule has 0 saturated carbocycles. The molecule has 0 fully saturated rings. The van der Waals surface area contributed by atoms with Crippen molar-refractivity contribution in [3.8, 4) is 0 Å². The molecule has 0 aliphatic carbocycles. The van der Waals surface area contributed by atoms with E-state index < -0.39 is 11.5 Å². The van der Waals surface area contributed by atoms with Gasteiger partial charge in [0.1, 0.15) is 11.9 Å². The smallest absolute Gasteiger partial charge is 0.270 e. The van der Waals surface area contributed by atoms with Gasteiger partial charge in [0.25, 0.3) is 11.5 Å². The van der Waals surface area contributed by atoms with Crippen LogP contribution in [0.4, 0.5) is 0 Å². The molecular weight excluding hydrogens is 266 g/mol. The molecule has 0 aliphatic rings. The van der Waals surface area contributed by atoms with Crippen LogP contribution in [0.1, 0.15) is 37.6 Å². The van der Waals surface area contributed by atoms with Crippen molar-refractivity contribution in [2.24, 2.45) is 0 Å². The van der Waals surface area contributed by atoms with Gasteiger partial charge >= 0.3 is 0 Å². The van der Waals surface area contributed by atoms with Crippen LogP contribution in [0.5, 0.6) is 0 Å². The van der Waals surface area contributed by atoms with Gasteiger partial charge in [-0.3, -0.25) is 14.2 Å². The van der Waals surface area contributed by atoms with Crippen LogP contribution in [0.3, 0.4) is 0 Å². The highest BCUT2D eigenvalue weighted by Gasteiger charge is 2.12. The first-order valence-corrected chi connectivity index (χ1v) is 6.94. The van der Waals surface area contributed by atoms with Crippen molar-refractivity contribution in [3.63, 3.8) is 0 Å². The van der Waals surface area contributed by atoms with Crippen LogP contribution < -0.4 is 10.9 Å². The molecule has 1 heterocycles. The zero-order chi connectivity index (χ0) is 16.3. The molecule has 1 rings (SSSR count). The van der Waals surface area contributed by atoms with Crippen LogP contribution in [0.25, 0.3) is 5.70 Å². The van der Waals surface area contributed by atoms with Gasteiger partial charge in [-0.2, -0.15) is 0 Å². The lowest BCUT2D eigenvalue weighted by Gasteiger charge is -2.07. The summed E-state index contributed by atoms with van der Waals surface area (Å²) in [5, 5.41) is 2.41. The van der Waals surface area contributed by atoms with Gasteiger partial charge in [-0.25, -0.2) is 4.98 Å². The van der Waals surface area contributed by atoms with Crippen molar-refractivity contribution in [1.29, 1.82) is 0 Å². The second kappa shape index (κ2) is 10.4. The zero-order valence-corrected chi connectivity index (χ0v) is 13.1. The lowest BCUT2D eigenvalue weighted by molar-refractivity contribution is 0.0961. The Hall–Kier alpha value is -2.43. The largest absolute Gasteiger partial charge is 0.355 e. The molecule has 1 N–H and O–H groups in total. The van der Waals surface area contributed by atoms with Crippen LogP contribution in [0, 0.1) is 0 Å². The quantitative estimate of drug-likeness (QED) is 0.847. The van der Waals surface area contributed by atoms with E-state index >= 15 is 0 Å². The number of nitrogens with zero attached hydrogens (tertiary/aromatic N) is 2. The first-order chi connectivity index (χ1) is 10.2. The minimum absolute atomic E-state index is 0.00450. The van der Waals surface area contributed by atoms with Crippen LogP contribution in [0.15, 0.2) is 48.2 Å². The van der Waals surface area contributed by atoms with Crippen molar-refractivity contribution >= 4 is 11.6 Å². The minimum atomic E-state index is -0.454. The maximum atomic E-state index is 12.2. The summed E-state index contributed by atoms with van der Waals surface area (Å²) < 4.78 is 1.32. The van der Waals surface area contributed by atoms with Gasteiger partial charge in [-0.1, -0.05) is 39.5 Å². The molecule has 0 bridgehead atoms. The molecule has 21 heavy (non-hydrogen) atoms. The first kappa shape index (κ1) is 18.6. The number of hydrogen-bond acceptors (Lipinski definition) is 3. The van der Waals surface area contributed by atoms with E-state index in [1.807, 2.05) is 26.8 Å². The molecule has 0 aromatic carbocycles. The normalized spacial score (nSPS) is 10.8. The summed E-state index contributed by atoms with van der Waals surface area (Å²) in [5.74, 6) is -0.454. The fourth-order valence-electron chi connectivity index (χ4n) is 1.46. The molecule has 0 unspecified atom stereocenters. The van der Waals surface area contributed by atoms with Gasteiger partial charge in [0.15, 0.2) is 0 Å². The fourth-order valence-corrected chi connectivity index (χ4v) is 1.46. The van der Waals surface area contributed by atoms with E-state index in [1.165, 1.54) is 24.1 Å². The molecule has 5 heteroatoms. The highest BCUT2D eigenvalue weighted by molar-refractivity contribution is 5.93. The second-order valence-corrected chi connectivity index (χ2v) is 3.70. The fraction of sp³-hybridized carbons (Fsp3) is 0.312. The first-order valence-electron chi connectivity index (χ1n) is 6.94. The van der Waals surface area contributed by atoms with Crippen LogP contribution in [-0.2, 0) is 0 Å². The average molecular weight is 289 g/mol.